The van der Waals surface area contributed by atoms with Gasteiger partial charge in [0, 0.05) is 11.1 Å². The molecule has 0 fully saturated rings. The summed E-state index contributed by atoms with van der Waals surface area (Å²) in [5, 5.41) is 18.6. The second-order valence-corrected chi connectivity index (χ2v) is 7.43. The molecule has 0 radical (unpaired) electrons. The molecule has 0 unspecified atom stereocenters. The zero-order valence-electron chi connectivity index (χ0n) is 18.5. The monoisotopic (exact) mass is 448 g/mol. The Morgan fingerprint density at radius 1 is 1.24 bits per heavy atom. The Hall–Kier alpha value is -3.96. The molecule has 2 heterocycles. The first-order valence-electron chi connectivity index (χ1n) is 10.6. The zero-order chi connectivity index (χ0) is 24.0. The molecule has 8 nitrogen and oxygen atoms in total. The summed E-state index contributed by atoms with van der Waals surface area (Å²) < 4.78 is 11.1. The molecule has 2 aromatic rings. The molecule has 0 saturated heterocycles. The molecule has 1 aliphatic heterocycles. The van der Waals surface area contributed by atoms with Gasteiger partial charge in [-0.3, -0.25) is 14.5 Å². The lowest BCUT2D eigenvalue weighted by molar-refractivity contribution is -0.141. The Kier molecular flexibility index (Phi) is 7.59. The fourth-order valence-electron chi connectivity index (χ4n) is 3.35. The van der Waals surface area contributed by atoms with Crippen molar-refractivity contribution < 1.29 is 28.6 Å². The van der Waals surface area contributed by atoms with Crippen molar-refractivity contribution in [2.75, 3.05) is 19.8 Å². The molecule has 0 bridgehead atoms. The van der Waals surface area contributed by atoms with Crippen molar-refractivity contribution in [3.8, 4) is 17.4 Å². The number of aliphatic hydroxyl groups excluding tert-OH is 1. The topological polar surface area (TPSA) is 121 Å². The maximum atomic E-state index is 12.8. The summed E-state index contributed by atoms with van der Waals surface area (Å²) in [5.41, 5.74) is 1.28. The molecule has 0 spiro atoms. The lowest BCUT2D eigenvalue weighted by Gasteiger charge is -2.26. The first kappa shape index (κ1) is 23.7. The molecule has 0 atom stereocenters. The van der Waals surface area contributed by atoms with Crippen LogP contribution in [0.3, 0.4) is 0 Å². The third-order valence-electron chi connectivity index (χ3n) is 5.18. The second-order valence-electron chi connectivity index (χ2n) is 7.43. The predicted octanol–water partition coefficient (Wildman–Crippen LogP) is 3.49. The number of carbonyl (C=O) groups excluding carboxylic acids is 3. The van der Waals surface area contributed by atoms with Crippen LogP contribution in [0, 0.1) is 11.3 Å². The van der Waals surface area contributed by atoms with Crippen molar-refractivity contribution in [3.63, 3.8) is 0 Å². The van der Waals surface area contributed by atoms with Crippen molar-refractivity contribution in [1.29, 1.82) is 5.26 Å². The van der Waals surface area contributed by atoms with Gasteiger partial charge in [-0.1, -0.05) is 25.5 Å². The smallest absolute Gasteiger partial charge is 0.338 e. The average Bonchev–Trinajstić information content (AvgIpc) is 3.29. The minimum Gasteiger partial charge on any atom is -0.462 e. The normalized spacial score (nSPS) is 15.2. The van der Waals surface area contributed by atoms with E-state index in [1.54, 1.807) is 36.4 Å². The van der Waals surface area contributed by atoms with Crippen LogP contribution in [0.1, 0.15) is 42.8 Å². The van der Waals surface area contributed by atoms with Crippen LogP contribution in [0.4, 0.5) is 0 Å². The van der Waals surface area contributed by atoms with E-state index in [9.17, 15) is 24.8 Å². The molecule has 3 rings (SSSR count). The number of amides is 2. The Morgan fingerprint density at radius 3 is 2.73 bits per heavy atom. The standard InChI is InChI=1S/C25H24N2O6/c1-3-4-12-32-25(31)18-7-5-6-17(13-18)22-9-8-19(33-22)14-20-16(2)21(15-26)24(30)27(10-11-28)23(20)29/h5-9,13-14,28H,3-4,10-12H2,1-2H3. The van der Waals surface area contributed by atoms with Crippen LogP contribution in [-0.4, -0.2) is 47.5 Å². The summed E-state index contributed by atoms with van der Waals surface area (Å²) in [5.74, 6) is -0.947. The van der Waals surface area contributed by atoms with Gasteiger partial charge in [0.15, 0.2) is 0 Å². The van der Waals surface area contributed by atoms with Crippen molar-refractivity contribution in [2.45, 2.75) is 26.7 Å². The van der Waals surface area contributed by atoms with Gasteiger partial charge in [0.25, 0.3) is 11.8 Å². The maximum Gasteiger partial charge on any atom is 0.338 e. The number of imide groups is 1. The average molecular weight is 448 g/mol. The molecule has 0 saturated carbocycles. The van der Waals surface area contributed by atoms with Crippen LogP contribution in [0.15, 0.2) is 57.5 Å². The van der Waals surface area contributed by atoms with Crippen LogP contribution in [-0.2, 0) is 14.3 Å². The van der Waals surface area contributed by atoms with E-state index >= 15 is 0 Å². The van der Waals surface area contributed by atoms with E-state index in [4.69, 9.17) is 9.15 Å². The van der Waals surface area contributed by atoms with E-state index in [0.29, 0.717) is 29.3 Å². The molecule has 170 valence electrons. The van der Waals surface area contributed by atoms with Crippen molar-refractivity contribution in [2.24, 2.45) is 0 Å². The van der Waals surface area contributed by atoms with Crippen molar-refractivity contribution >= 4 is 23.9 Å². The highest BCUT2D eigenvalue weighted by atomic mass is 16.5. The van der Waals surface area contributed by atoms with Crippen LogP contribution >= 0.6 is 0 Å². The van der Waals surface area contributed by atoms with Gasteiger partial charge in [0.05, 0.1) is 25.3 Å². The van der Waals surface area contributed by atoms with Gasteiger partial charge in [-0.15, -0.1) is 0 Å². The summed E-state index contributed by atoms with van der Waals surface area (Å²) in [6, 6.07) is 12.0. The van der Waals surface area contributed by atoms with Gasteiger partial charge < -0.3 is 14.3 Å². The van der Waals surface area contributed by atoms with Gasteiger partial charge in [0.1, 0.15) is 23.2 Å². The molecule has 0 aliphatic carbocycles. The van der Waals surface area contributed by atoms with Gasteiger partial charge >= 0.3 is 5.97 Å². The number of ether oxygens (including phenoxy) is 1. The van der Waals surface area contributed by atoms with Crippen LogP contribution in [0.25, 0.3) is 17.4 Å². The fraction of sp³-hybridized carbons (Fsp3) is 0.280. The minimum absolute atomic E-state index is 0.133. The molecule has 1 aromatic carbocycles. The molecule has 1 aliphatic rings. The molecule has 1 N–H and O–H groups in total. The number of rotatable bonds is 8. The van der Waals surface area contributed by atoms with Crippen LogP contribution < -0.4 is 0 Å². The lowest BCUT2D eigenvalue weighted by atomic mass is 9.95. The van der Waals surface area contributed by atoms with Gasteiger partial charge in [-0.05, 0) is 49.3 Å². The van der Waals surface area contributed by atoms with Gasteiger partial charge in [-0.25, -0.2) is 4.79 Å². The maximum absolute atomic E-state index is 12.8. The number of hydrogen-bond acceptors (Lipinski definition) is 7. The van der Waals surface area contributed by atoms with Crippen LogP contribution in [0.2, 0.25) is 0 Å². The quantitative estimate of drug-likeness (QED) is 0.284. The number of nitrogens with zero attached hydrogens (tertiary/aromatic N) is 2. The third kappa shape index (κ3) is 5.10. The molecule has 1 aromatic heterocycles. The summed E-state index contributed by atoms with van der Waals surface area (Å²) in [6.07, 6.45) is 3.18. The van der Waals surface area contributed by atoms with E-state index < -0.39 is 24.4 Å². The Labute approximate surface area is 191 Å². The fourth-order valence-corrected chi connectivity index (χ4v) is 3.35. The number of esters is 1. The van der Waals surface area contributed by atoms with Gasteiger partial charge in [-0.2, -0.15) is 5.26 Å². The number of aliphatic hydroxyl groups is 1. The Bertz CT molecular complexity index is 1180. The second kappa shape index (κ2) is 10.6. The van der Waals surface area contributed by atoms with E-state index in [-0.39, 0.29) is 23.3 Å². The van der Waals surface area contributed by atoms with Crippen molar-refractivity contribution in [3.05, 3.63) is 64.4 Å². The first-order valence-corrected chi connectivity index (χ1v) is 10.6. The first-order chi connectivity index (χ1) is 15.9. The van der Waals surface area contributed by atoms with E-state index in [1.165, 1.54) is 13.0 Å². The van der Waals surface area contributed by atoms with E-state index in [1.807, 2.05) is 13.0 Å². The third-order valence-corrected chi connectivity index (χ3v) is 5.18. The Morgan fingerprint density at radius 2 is 2.03 bits per heavy atom. The Balaban J connectivity index is 1.90. The molecular formula is C25H24N2O6. The van der Waals surface area contributed by atoms with Crippen LogP contribution in [0.5, 0.6) is 0 Å². The summed E-state index contributed by atoms with van der Waals surface area (Å²) in [6.45, 7) is 3.27. The summed E-state index contributed by atoms with van der Waals surface area (Å²) in [7, 11) is 0. The largest absolute Gasteiger partial charge is 0.462 e. The zero-order valence-corrected chi connectivity index (χ0v) is 18.5. The molecule has 2 amide bonds. The lowest BCUT2D eigenvalue weighted by Crippen LogP contribution is -2.44. The molecular weight excluding hydrogens is 424 g/mol. The molecule has 33 heavy (non-hydrogen) atoms. The van der Waals surface area contributed by atoms with Gasteiger partial charge in [0.2, 0.25) is 0 Å². The number of hydrogen-bond donors (Lipinski definition) is 1. The van der Waals surface area contributed by atoms with E-state index in [2.05, 4.69) is 0 Å². The number of nitriles is 1. The number of β-amino-alcohol motifs (C(OH)–C–C–N with tert-alkyl or cyclic N) is 1. The highest BCUT2D eigenvalue weighted by molar-refractivity contribution is 6.19. The minimum atomic E-state index is -0.728. The summed E-state index contributed by atoms with van der Waals surface area (Å²) >= 11 is 0. The number of unbranched alkanes of at least 4 members (excludes halogenated alkanes) is 1. The number of furan rings is 1. The predicted molar refractivity (Wildman–Crippen MR) is 119 cm³/mol. The summed E-state index contributed by atoms with van der Waals surface area (Å²) in [4.78, 5) is 38.2. The van der Waals surface area contributed by atoms with E-state index in [0.717, 1.165) is 17.7 Å². The highest BCUT2D eigenvalue weighted by Crippen LogP contribution is 2.29. The number of benzene rings is 1. The SMILES string of the molecule is CCCCOC(=O)c1cccc(-c2ccc(C=C3C(=O)N(CCO)C(=O)C(C#N)=C3C)o2)c1. The molecule has 8 heteroatoms. The number of carbonyl (C=O) groups is 3. The van der Waals surface area contributed by atoms with Crippen molar-refractivity contribution in [1.82, 2.24) is 4.90 Å². The highest BCUT2D eigenvalue weighted by Gasteiger charge is 2.35.